The molecule has 1 aliphatic carbocycles. The first-order valence-electron chi connectivity index (χ1n) is 7.45. The van der Waals surface area contributed by atoms with Gasteiger partial charge in [0.05, 0.1) is 0 Å². The predicted molar refractivity (Wildman–Crippen MR) is 77.6 cm³/mol. The molecule has 1 saturated heterocycles. The van der Waals surface area contributed by atoms with Crippen molar-refractivity contribution in [1.82, 2.24) is 10.2 Å². The van der Waals surface area contributed by atoms with Crippen molar-refractivity contribution in [3.8, 4) is 5.75 Å². The van der Waals surface area contributed by atoms with Crippen LogP contribution in [0.15, 0.2) is 18.2 Å². The molecule has 1 aliphatic heterocycles. The van der Waals surface area contributed by atoms with Crippen molar-refractivity contribution in [2.45, 2.75) is 44.2 Å². The van der Waals surface area contributed by atoms with Crippen LogP contribution in [0, 0.1) is 0 Å². The average Bonchev–Trinajstić information content (AvgIpc) is 2.43. The molecule has 108 valence electrons. The van der Waals surface area contributed by atoms with Gasteiger partial charge in [-0.15, -0.1) is 0 Å². The molecule has 0 spiro atoms. The average molecular weight is 274 g/mol. The molecule has 2 aliphatic rings. The van der Waals surface area contributed by atoms with Gasteiger partial charge in [0, 0.05) is 32.1 Å². The number of carbonyl (C=O) groups excluding carboxylic acids is 1. The number of amides is 1. The maximum atomic E-state index is 11.5. The van der Waals surface area contributed by atoms with Gasteiger partial charge in [-0.2, -0.15) is 0 Å². The second kappa shape index (κ2) is 5.44. The first-order chi connectivity index (χ1) is 9.63. The Morgan fingerprint density at radius 1 is 1.30 bits per heavy atom. The number of likely N-dealkylation sites (N-methyl/N-ethyl adjacent to an activating group) is 1. The van der Waals surface area contributed by atoms with Gasteiger partial charge in [0.1, 0.15) is 5.75 Å². The van der Waals surface area contributed by atoms with E-state index in [1.807, 2.05) is 24.1 Å². The van der Waals surface area contributed by atoms with Crippen molar-refractivity contribution in [3.05, 3.63) is 29.3 Å². The summed E-state index contributed by atoms with van der Waals surface area (Å²) in [5, 5.41) is 13.3. The third kappa shape index (κ3) is 2.66. The molecular formula is C16H22N2O2. The first-order valence-corrected chi connectivity index (χ1v) is 7.45. The summed E-state index contributed by atoms with van der Waals surface area (Å²) in [6.45, 7) is 0.794. The Morgan fingerprint density at radius 3 is 2.95 bits per heavy atom. The van der Waals surface area contributed by atoms with Crippen molar-refractivity contribution in [1.29, 1.82) is 0 Å². The summed E-state index contributed by atoms with van der Waals surface area (Å²) in [4.78, 5) is 13.4. The lowest BCUT2D eigenvalue weighted by Gasteiger charge is -2.35. The van der Waals surface area contributed by atoms with E-state index < -0.39 is 0 Å². The van der Waals surface area contributed by atoms with E-state index in [0.717, 1.165) is 32.2 Å². The molecule has 2 atom stereocenters. The highest BCUT2D eigenvalue weighted by molar-refractivity contribution is 5.76. The molecular weight excluding hydrogens is 252 g/mol. The minimum atomic E-state index is 0.247. The lowest BCUT2D eigenvalue weighted by molar-refractivity contribution is -0.132. The zero-order valence-corrected chi connectivity index (χ0v) is 11.9. The van der Waals surface area contributed by atoms with Crippen molar-refractivity contribution in [2.75, 3.05) is 13.6 Å². The van der Waals surface area contributed by atoms with Crippen LogP contribution in [0.4, 0.5) is 0 Å². The number of carbonyl (C=O) groups is 1. The number of hydrogen-bond donors (Lipinski definition) is 2. The number of likely N-dealkylation sites (tertiary alicyclic amines) is 1. The van der Waals surface area contributed by atoms with Crippen molar-refractivity contribution in [2.24, 2.45) is 0 Å². The van der Waals surface area contributed by atoms with Gasteiger partial charge >= 0.3 is 0 Å². The minimum absolute atomic E-state index is 0.247. The van der Waals surface area contributed by atoms with Gasteiger partial charge in [0.2, 0.25) is 5.91 Å². The van der Waals surface area contributed by atoms with Crippen LogP contribution in [-0.2, 0) is 11.2 Å². The molecule has 1 fully saturated rings. The second-order valence-corrected chi connectivity index (χ2v) is 6.00. The Labute approximate surface area is 119 Å². The van der Waals surface area contributed by atoms with Crippen LogP contribution in [0.25, 0.3) is 0 Å². The molecule has 2 N–H and O–H groups in total. The molecule has 0 radical (unpaired) electrons. The number of phenolic OH excluding ortho intramolecular Hbond substituents is 1. The number of nitrogens with zero attached hydrogens (tertiary/aromatic N) is 1. The smallest absolute Gasteiger partial charge is 0.222 e. The normalized spacial score (nSPS) is 26.4. The molecule has 0 saturated carbocycles. The summed E-state index contributed by atoms with van der Waals surface area (Å²) in [7, 11) is 1.88. The number of fused-ring (bicyclic) bond motifs is 1. The lowest BCUT2D eigenvalue weighted by Crippen LogP contribution is -2.48. The van der Waals surface area contributed by atoms with Crippen molar-refractivity contribution < 1.29 is 9.90 Å². The van der Waals surface area contributed by atoms with E-state index in [2.05, 4.69) is 5.32 Å². The van der Waals surface area contributed by atoms with Crippen molar-refractivity contribution >= 4 is 5.91 Å². The Balaban J connectivity index is 1.72. The number of aromatic hydroxyl groups is 1. The summed E-state index contributed by atoms with van der Waals surface area (Å²) >= 11 is 0. The van der Waals surface area contributed by atoms with Crippen LogP contribution in [0.2, 0.25) is 0 Å². The van der Waals surface area contributed by atoms with Crippen LogP contribution < -0.4 is 5.32 Å². The monoisotopic (exact) mass is 274 g/mol. The van der Waals surface area contributed by atoms with Crippen molar-refractivity contribution in [3.63, 3.8) is 0 Å². The molecule has 0 bridgehead atoms. The highest BCUT2D eigenvalue weighted by atomic mass is 16.3. The van der Waals surface area contributed by atoms with Crippen LogP contribution in [0.3, 0.4) is 0 Å². The van der Waals surface area contributed by atoms with Crippen LogP contribution in [0.1, 0.15) is 42.9 Å². The zero-order valence-electron chi connectivity index (χ0n) is 11.9. The van der Waals surface area contributed by atoms with Gasteiger partial charge in [0.15, 0.2) is 0 Å². The van der Waals surface area contributed by atoms with Crippen LogP contribution >= 0.6 is 0 Å². The molecule has 1 heterocycles. The Hall–Kier alpha value is -1.55. The fourth-order valence-corrected chi connectivity index (χ4v) is 3.41. The standard InChI is InChI=1S/C16H22N2O2/c1-18-10-12(5-8-16(18)20)17-15-4-2-3-11-9-13(19)6-7-14(11)15/h6-7,9,12,15,17,19H,2-5,8,10H2,1H3. The van der Waals surface area contributed by atoms with Gasteiger partial charge in [-0.1, -0.05) is 6.07 Å². The van der Waals surface area contributed by atoms with E-state index >= 15 is 0 Å². The summed E-state index contributed by atoms with van der Waals surface area (Å²) in [6, 6.07) is 6.43. The first kappa shape index (κ1) is 13.4. The molecule has 0 aromatic heterocycles. The van der Waals surface area contributed by atoms with Gasteiger partial charge in [0.25, 0.3) is 0 Å². The SMILES string of the molecule is CN1CC(NC2CCCc3cc(O)ccc32)CCC1=O. The predicted octanol–water partition coefficient (Wildman–Crippen LogP) is 1.98. The Morgan fingerprint density at radius 2 is 2.15 bits per heavy atom. The number of rotatable bonds is 2. The highest BCUT2D eigenvalue weighted by Gasteiger charge is 2.27. The summed E-state index contributed by atoms with van der Waals surface area (Å²) in [6.07, 6.45) is 4.89. The fraction of sp³-hybridized carbons (Fsp3) is 0.562. The quantitative estimate of drug-likeness (QED) is 0.867. The Kier molecular flexibility index (Phi) is 3.66. The van der Waals surface area contributed by atoms with E-state index in [1.165, 1.54) is 11.1 Å². The van der Waals surface area contributed by atoms with E-state index in [0.29, 0.717) is 24.3 Å². The number of piperidine rings is 1. The van der Waals surface area contributed by atoms with E-state index in [9.17, 15) is 9.90 Å². The number of hydrogen-bond acceptors (Lipinski definition) is 3. The number of aryl methyl sites for hydroxylation is 1. The summed E-state index contributed by atoms with van der Waals surface area (Å²) in [5.41, 5.74) is 2.57. The number of phenols is 1. The third-order valence-electron chi connectivity index (χ3n) is 4.50. The highest BCUT2D eigenvalue weighted by Crippen LogP contribution is 2.32. The maximum absolute atomic E-state index is 11.5. The molecule has 1 amide bonds. The number of benzene rings is 1. The molecule has 4 heteroatoms. The summed E-state index contributed by atoms with van der Waals surface area (Å²) in [5.74, 6) is 0.601. The lowest BCUT2D eigenvalue weighted by atomic mass is 9.86. The number of nitrogens with one attached hydrogen (secondary N) is 1. The summed E-state index contributed by atoms with van der Waals surface area (Å²) < 4.78 is 0. The molecule has 4 nitrogen and oxygen atoms in total. The molecule has 2 unspecified atom stereocenters. The minimum Gasteiger partial charge on any atom is -0.508 e. The van der Waals surface area contributed by atoms with Gasteiger partial charge in [-0.3, -0.25) is 4.79 Å². The fourth-order valence-electron chi connectivity index (χ4n) is 3.41. The topological polar surface area (TPSA) is 52.6 Å². The Bertz CT molecular complexity index is 515. The molecule has 3 rings (SSSR count). The zero-order chi connectivity index (χ0) is 14.1. The van der Waals surface area contributed by atoms with Crippen LogP contribution in [0.5, 0.6) is 5.75 Å². The van der Waals surface area contributed by atoms with Crippen LogP contribution in [-0.4, -0.2) is 35.5 Å². The van der Waals surface area contributed by atoms with Gasteiger partial charge < -0.3 is 15.3 Å². The maximum Gasteiger partial charge on any atom is 0.222 e. The largest absolute Gasteiger partial charge is 0.508 e. The van der Waals surface area contributed by atoms with E-state index in [-0.39, 0.29) is 5.91 Å². The molecule has 1 aromatic carbocycles. The molecule has 1 aromatic rings. The van der Waals surface area contributed by atoms with Gasteiger partial charge in [-0.25, -0.2) is 0 Å². The second-order valence-electron chi connectivity index (χ2n) is 6.00. The third-order valence-corrected chi connectivity index (χ3v) is 4.50. The van der Waals surface area contributed by atoms with Gasteiger partial charge in [-0.05, 0) is 48.9 Å². The van der Waals surface area contributed by atoms with E-state index in [1.54, 1.807) is 6.07 Å². The molecule has 20 heavy (non-hydrogen) atoms. The van der Waals surface area contributed by atoms with E-state index in [4.69, 9.17) is 0 Å².